The maximum absolute atomic E-state index is 11.7. The highest BCUT2D eigenvalue weighted by Gasteiger charge is 2.36. The highest BCUT2D eigenvalue weighted by Crippen LogP contribution is 2.27. The zero-order valence-corrected chi connectivity index (χ0v) is 10.5. The molecule has 2 amide bonds. The van der Waals surface area contributed by atoms with Crippen LogP contribution in [0.4, 0.5) is 11.4 Å². The van der Waals surface area contributed by atoms with Gasteiger partial charge in [-0.15, -0.1) is 0 Å². The van der Waals surface area contributed by atoms with Crippen LogP contribution in [0.15, 0.2) is 18.2 Å². The lowest BCUT2D eigenvalue weighted by molar-refractivity contribution is -0.384. The van der Waals surface area contributed by atoms with Gasteiger partial charge in [0.05, 0.1) is 23.0 Å². The van der Waals surface area contributed by atoms with Crippen LogP contribution in [0.1, 0.15) is 12.0 Å². The van der Waals surface area contributed by atoms with E-state index >= 15 is 0 Å². The van der Waals surface area contributed by atoms with Crippen LogP contribution in [0.2, 0.25) is 0 Å². The lowest BCUT2D eigenvalue weighted by atomic mass is 10.1. The Kier molecular flexibility index (Phi) is 3.35. The first-order valence-corrected chi connectivity index (χ1v) is 5.69. The Morgan fingerprint density at radius 2 is 2.20 bits per heavy atom. The largest absolute Gasteiger partial charge is 0.368 e. The van der Waals surface area contributed by atoms with Crippen molar-refractivity contribution in [3.8, 4) is 6.07 Å². The van der Waals surface area contributed by atoms with Crippen molar-refractivity contribution in [3.63, 3.8) is 0 Å². The number of hydrogen-bond acceptors (Lipinski definition) is 6. The smallest absolute Gasteiger partial charge is 0.293 e. The Morgan fingerprint density at radius 1 is 1.50 bits per heavy atom. The summed E-state index contributed by atoms with van der Waals surface area (Å²) in [7, 11) is 1.36. The zero-order chi connectivity index (χ0) is 14.9. The molecule has 8 nitrogen and oxygen atoms in total. The van der Waals surface area contributed by atoms with Gasteiger partial charge in [-0.2, -0.15) is 5.26 Å². The Labute approximate surface area is 113 Å². The number of likely N-dealkylation sites (tertiary alicyclic amines) is 1. The number of imide groups is 1. The van der Waals surface area contributed by atoms with Crippen molar-refractivity contribution >= 4 is 23.2 Å². The van der Waals surface area contributed by atoms with E-state index < -0.39 is 16.9 Å². The third-order valence-electron chi connectivity index (χ3n) is 3.03. The van der Waals surface area contributed by atoms with Crippen LogP contribution in [-0.2, 0) is 9.59 Å². The van der Waals surface area contributed by atoms with Gasteiger partial charge in [0, 0.05) is 13.1 Å². The standard InChI is InChI=1S/C12H10N4O4/c1-15-11(17)5-9(12(15)18)14-8-3-2-7(6-13)4-10(8)16(19)20/h2-4,9,14H,5H2,1H3. The number of benzene rings is 1. The van der Waals surface area contributed by atoms with E-state index in [0.717, 1.165) is 11.0 Å². The molecular weight excluding hydrogens is 264 g/mol. The van der Waals surface area contributed by atoms with Crippen molar-refractivity contribution in [2.24, 2.45) is 0 Å². The highest BCUT2D eigenvalue weighted by molar-refractivity contribution is 6.06. The molecular formula is C12H10N4O4. The number of carbonyl (C=O) groups is 2. The van der Waals surface area contributed by atoms with Crippen LogP contribution in [0.25, 0.3) is 0 Å². The molecule has 1 unspecified atom stereocenters. The van der Waals surface area contributed by atoms with Gasteiger partial charge in [-0.05, 0) is 12.1 Å². The monoisotopic (exact) mass is 274 g/mol. The lowest BCUT2D eigenvalue weighted by Crippen LogP contribution is -2.31. The summed E-state index contributed by atoms with van der Waals surface area (Å²) < 4.78 is 0. The molecule has 0 saturated carbocycles. The van der Waals surface area contributed by atoms with Gasteiger partial charge in [0.1, 0.15) is 11.7 Å². The van der Waals surface area contributed by atoms with Gasteiger partial charge in [-0.3, -0.25) is 24.6 Å². The second-order valence-corrected chi connectivity index (χ2v) is 4.29. The van der Waals surface area contributed by atoms with Crippen LogP contribution in [0.3, 0.4) is 0 Å². The van der Waals surface area contributed by atoms with Gasteiger partial charge in [0.25, 0.3) is 11.6 Å². The van der Waals surface area contributed by atoms with Crippen molar-refractivity contribution < 1.29 is 14.5 Å². The molecule has 102 valence electrons. The van der Waals surface area contributed by atoms with E-state index in [4.69, 9.17) is 5.26 Å². The van der Waals surface area contributed by atoms with E-state index in [0.29, 0.717) is 0 Å². The van der Waals surface area contributed by atoms with E-state index in [2.05, 4.69) is 5.32 Å². The Balaban J connectivity index is 2.31. The number of nitro benzene ring substituents is 1. The summed E-state index contributed by atoms with van der Waals surface area (Å²) in [5.74, 6) is -0.780. The average molecular weight is 274 g/mol. The van der Waals surface area contributed by atoms with E-state index in [1.807, 2.05) is 0 Å². The quantitative estimate of drug-likeness (QED) is 0.491. The molecule has 0 aromatic heterocycles. The molecule has 1 aromatic rings. The van der Waals surface area contributed by atoms with Gasteiger partial charge in [0.2, 0.25) is 5.91 Å². The first-order valence-electron chi connectivity index (χ1n) is 5.69. The SMILES string of the molecule is CN1C(=O)CC(Nc2ccc(C#N)cc2[N+](=O)[O-])C1=O. The molecule has 1 atom stereocenters. The second kappa shape index (κ2) is 4.97. The Morgan fingerprint density at radius 3 is 2.70 bits per heavy atom. The number of nitrogens with one attached hydrogen (secondary N) is 1. The number of amides is 2. The Bertz CT molecular complexity index is 649. The van der Waals surface area contributed by atoms with Gasteiger partial charge in [-0.25, -0.2) is 0 Å². The predicted octanol–water partition coefficient (Wildman–Crippen LogP) is 0.636. The van der Waals surface area contributed by atoms with E-state index in [1.165, 1.54) is 19.2 Å². The maximum Gasteiger partial charge on any atom is 0.293 e. The fourth-order valence-electron chi connectivity index (χ4n) is 1.93. The molecule has 20 heavy (non-hydrogen) atoms. The number of carbonyl (C=O) groups excluding carboxylic acids is 2. The fourth-order valence-corrected chi connectivity index (χ4v) is 1.93. The fraction of sp³-hybridized carbons (Fsp3) is 0.250. The van der Waals surface area contributed by atoms with Crippen molar-refractivity contribution in [1.82, 2.24) is 4.90 Å². The molecule has 1 aliphatic rings. The number of likely N-dealkylation sites (N-methyl/N-ethyl adjacent to an activating group) is 1. The van der Waals surface area contributed by atoms with Crippen molar-refractivity contribution in [3.05, 3.63) is 33.9 Å². The van der Waals surface area contributed by atoms with Gasteiger partial charge < -0.3 is 5.32 Å². The molecule has 1 fully saturated rings. The summed E-state index contributed by atoms with van der Waals surface area (Å²) in [5, 5.41) is 22.4. The summed E-state index contributed by atoms with van der Waals surface area (Å²) in [6.07, 6.45) is -0.0491. The first kappa shape index (κ1) is 13.5. The minimum atomic E-state index is -0.820. The van der Waals surface area contributed by atoms with Gasteiger partial charge in [-0.1, -0.05) is 0 Å². The summed E-state index contributed by atoms with van der Waals surface area (Å²) in [6.45, 7) is 0. The first-order chi connectivity index (χ1) is 9.43. The molecule has 1 aliphatic heterocycles. The molecule has 1 N–H and O–H groups in total. The number of anilines is 1. The minimum Gasteiger partial charge on any atom is -0.368 e. The maximum atomic E-state index is 11.7. The van der Waals surface area contributed by atoms with E-state index in [-0.39, 0.29) is 29.3 Å². The minimum absolute atomic E-state index is 0.0491. The number of nitriles is 1. The van der Waals surface area contributed by atoms with E-state index in [9.17, 15) is 19.7 Å². The summed E-state index contributed by atoms with van der Waals surface area (Å²) in [6, 6.07) is 4.86. The number of rotatable bonds is 3. The lowest BCUT2D eigenvalue weighted by Gasteiger charge is -2.12. The molecule has 0 radical (unpaired) electrons. The third kappa shape index (κ3) is 2.29. The number of hydrogen-bond donors (Lipinski definition) is 1. The molecule has 0 aliphatic carbocycles. The van der Waals surface area contributed by atoms with Crippen molar-refractivity contribution in [2.75, 3.05) is 12.4 Å². The second-order valence-electron chi connectivity index (χ2n) is 4.29. The molecule has 0 bridgehead atoms. The summed E-state index contributed by atoms with van der Waals surface area (Å²) in [5.41, 5.74) is -0.0532. The third-order valence-corrected chi connectivity index (χ3v) is 3.03. The zero-order valence-electron chi connectivity index (χ0n) is 10.5. The van der Waals surface area contributed by atoms with Crippen LogP contribution in [0.5, 0.6) is 0 Å². The normalized spacial score (nSPS) is 18.0. The van der Waals surface area contributed by atoms with Crippen molar-refractivity contribution in [2.45, 2.75) is 12.5 Å². The number of nitrogens with zero attached hydrogens (tertiary/aromatic N) is 3. The summed E-state index contributed by atoms with van der Waals surface area (Å²) >= 11 is 0. The highest BCUT2D eigenvalue weighted by atomic mass is 16.6. The molecule has 1 heterocycles. The number of nitro groups is 1. The topological polar surface area (TPSA) is 116 Å². The van der Waals surface area contributed by atoms with E-state index in [1.54, 1.807) is 6.07 Å². The Hall–Kier alpha value is -2.95. The molecule has 2 rings (SSSR count). The van der Waals surface area contributed by atoms with Crippen LogP contribution in [0, 0.1) is 21.4 Å². The molecule has 0 spiro atoms. The molecule has 1 aromatic carbocycles. The predicted molar refractivity (Wildman–Crippen MR) is 67.6 cm³/mol. The van der Waals surface area contributed by atoms with Crippen LogP contribution < -0.4 is 5.32 Å². The van der Waals surface area contributed by atoms with Crippen LogP contribution >= 0.6 is 0 Å². The average Bonchev–Trinajstić information content (AvgIpc) is 2.66. The van der Waals surface area contributed by atoms with Gasteiger partial charge in [0.15, 0.2) is 0 Å². The van der Waals surface area contributed by atoms with Crippen LogP contribution in [-0.4, -0.2) is 34.7 Å². The van der Waals surface area contributed by atoms with Gasteiger partial charge >= 0.3 is 0 Å². The molecule has 1 saturated heterocycles. The van der Waals surface area contributed by atoms with Crippen molar-refractivity contribution in [1.29, 1.82) is 5.26 Å². The molecule has 8 heteroatoms. The summed E-state index contributed by atoms with van der Waals surface area (Å²) in [4.78, 5) is 34.4.